The number of amides is 3. The van der Waals surface area contributed by atoms with Crippen LogP contribution in [0.25, 0.3) is 0 Å². The second kappa shape index (κ2) is 10.8. The van der Waals surface area contributed by atoms with Crippen molar-refractivity contribution in [2.75, 3.05) is 25.0 Å². The predicted molar refractivity (Wildman–Crippen MR) is 116 cm³/mol. The van der Waals surface area contributed by atoms with E-state index in [1.807, 2.05) is 0 Å². The highest BCUT2D eigenvalue weighted by atomic mass is 32.2. The third-order valence-corrected chi connectivity index (χ3v) is 5.45. The quantitative estimate of drug-likeness (QED) is 0.423. The van der Waals surface area contributed by atoms with Crippen molar-refractivity contribution in [2.24, 2.45) is 0 Å². The molecule has 1 aliphatic heterocycles. The SMILES string of the molecule is O=C1NC(=O)C(Nc2ccc(CCN(C[C@H](O)COc3ccc(F)cc3)C(=O)O)cc2)S1. The summed E-state index contributed by atoms with van der Waals surface area (Å²) in [6, 6.07) is 12.4. The molecule has 2 aromatic rings. The average molecular weight is 463 g/mol. The first-order chi connectivity index (χ1) is 15.3. The zero-order chi connectivity index (χ0) is 23.1. The zero-order valence-electron chi connectivity index (χ0n) is 16.9. The van der Waals surface area contributed by atoms with Gasteiger partial charge in [0, 0.05) is 12.2 Å². The first-order valence-electron chi connectivity index (χ1n) is 9.71. The predicted octanol–water partition coefficient (Wildman–Crippen LogP) is 2.51. The minimum Gasteiger partial charge on any atom is -0.491 e. The summed E-state index contributed by atoms with van der Waals surface area (Å²) in [5.41, 5.74) is 1.51. The van der Waals surface area contributed by atoms with Crippen LogP contribution in [0.5, 0.6) is 5.75 Å². The molecule has 1 aliphatic rings. The Morgan fingerprint density at radius 1 is 1.19 bits per heavy atom. The van der Waals surface area contributed by atoms with Crippen molar-refractivity contribution in [3.63, 3.8) is 0 Å². The first-order valence-corrected chi connectivity index (χ1v) is 10.6. The number of halogens is 1. The molecular formula is C21H22FN3O6S. The third-order valence-electron chi connectivity index (χ3n) is 4.57. The second-order valence-corrected chi connectivity index (χ2v) is 8.09. The average Bonchev–Trinajstić information content (AvgIpc) is 3.08. The van der Waals surface area contributed by atoms with E-state index in [9.17, 15) is 29.0 Å². The molecule has 3 amide bonds. The maximum Gasteiger partial charge on any atom is 0.407 e. The van der Waals surface area contributed by atoms with Crippen LogP contribution in [0.3, 0.4) is 0 Å². The van der Waals surface area contributed by atoms with Gasteiger partial charge in [0.05, 0.1) is 6.54 Å². The number of aliphatic hydroxyl groups excluding tert-OH is 1. The molecule has 0 saturated carbocycles. The van der Waals surface area contributed by atoms with Crippen LogP contribution in [0.15, 0.2) is 48.5 Å². The largest absolute Gasteiger partial charge is 0.491 e. The molecule has 2 atom stereocenters. The van der Waals surface area contributed by atoms with Crippen LogP contribution in [0.2, 0.25) is 0 Å². The molecule has 170 valence electrons. The van der Waals surface area contributed by atoms with Crippen LogP contribution in [-0.4, -0.2) is 63.5 Å². The van der Waals surface area contributed by atoms with Crippen LogP contribution in [0.4, 0.5) is 19.7 Å². The van der Waals surface area contributed by atoms with Gasteiger partial charge >= 0.3 is 6.09 Å². The Morgan fingerprint density at radius 3 is 2.47 bits per heavy atom. The molecule has 1 saturated heterocycles. The van der Waals surface area contributed by atoms with Gasteiger partial charge < -0.3 is 25.2 Å². The molecule has 0 bridgehead atoms. The van der Waals surface area contributed by atoms with Gasteiger partial charge in [0.1, 0.15) is 24.3 Å². The van der Waals surface area contributed by atoms with Crippen molar-refractivity contribution >= 4 is 34.7 Å². The lowest BCUT2D eigenvalue weighted by atomic mass is 10.1. The monoisotopic (exact) mass is 463 g/mol. The molecule has 0 radical (unpaired) electrons. The molecule has 0 spiro atoms. The number of carbonyl (C=O) groups is 3. The Bertz CT molecular complexity index is 957. The molecule has 1 fully saturated rings. The molecule has 3 rings (SSSR count). The summed E-state index contributed by atoms with van der Waals surface area (Å²) in [6.07, 6.45) is -1.81. The summed E-state index contributed by atoms with van der Waals surface area (Å²) < 4.78 is 18.3. The van der Waals surface area contributed by atoms with E-state index in [4.69, 9.17) is 4.74 Å². The fourth-order valence-corrected chi connectivity index (χ4v) is 3.66. The van der Waals surface area contributed by atoms with Crippen LogP contribution in [0.1, 0.15) is 5.56 Å². The minimum atomic E-state index is -1.17. The smallest absolute Gasteiger partial charge is 0.407 e. The maximum atomic E-state index is 12.9. The van der Waals surface area contributed by atoms with Gasteiger partial charge in [0.2, 0.25) is 0 Å². The van der Waals surface area contributed by atoms with Gasteiger partial charge in [-0.25, -0.2) is 9.18 Å². The van der Waals surface area contributed by atoms with Gasteiger partial charge in [-0.15, -0.1) is 0 Å². The first kappa shape index (κ1) is 23.4. The van der Waals surface area contributed by atoms with E-state index in [1.54, 1.807) is 24.3 Å². The van der Waals surface area contributed by atoms with E-state index in [0.29, 0.717) is 17.9 Å². The van der Waals surface area contributed by atoms with Gasteiger partial charge in [-0.05, 0) is 60.1 Å². The number of thioether (sulfide) groups is 1. The number of anilines is 1. The van der Waals surface area contributed by atoms with Gasteiger partial charge in [-0.3, -0.25) is 14.9 Å². The standard InChI is InChI=1S/C21H22FN3O6S/c22-14-3-7-17(8-4-14)31-12-16(26)11-25(21(29)30)10-9-13-1-5-15(6-2-13)23-19-18(27)24-20(28)32-19/h1-8,16,19,23,26H,9-12H2,(H,29,30)(H,24,27,28)/t16-,19?/m0/s1. The number of aliphatic hydroxyl groups is 1. The van der Waals surface area contributed by atoms with Gasteiger partial charge in [0.15, 0.2) is 5.37 Å². The molecular weight excluding hydrogens is 441 g/mol. The third kappa shape index (κ3) is 6.86. The molecule has 4 N–H and O–H groups in total. The normalized spacial score (nSPS) is 16.4. The van der Waals surface area contributed by atoms with Crippen molar-refractivity contribution in [1.82, 2.24) is 10.2 Å². The lowest BCUT2D eigenvalue weighted by Crippen LogP contribution is -2.40. The van der Waals surface area contributed by atoms with Crippen molar-refractivity contribution in [1.29, 1.82) is 0 Å². The molecule has 32 heavy (non-hydrogen) atoms. The van der Waals surface area contributed by atoms with Crippen molar-refractivity contribution < 1.29 is 33.7 Å². The summed E-state index contributed by atoms with van der Waals surface area (Å²) in [5, 5.41) is 23.6. The summed E-state index contributed by atoms with van der Waals surface area (Å²) in [4.78, 5) is 35.4. The molecule has 0 aromatic heterocycles. The number of ether oxygens (including phenoxy) is 1. The maximum absolute atomic E-state index is 12.9. The van der Waals surface area contributed by atoms with E-state index >= 15 is 0 Å². The number of hydrogen-bond acceptors (Lipinski definition) is 7. The van der Waals surface area contributed by atoms with Gasteiger partial charge in [-0.2, -0.15) is 0 Å². The highest BCUT2D eigenvalue weighted by Gasteiger charge is 2.31. The molecule has 11 heteroatoms. The Hall–Kier alpha value is -3.31. The Morgan fingerprint density at radius 2 is 1.88 bits per heavy atom. The Balaban J connectivity index is 1.46. The van der Waals surface area contributed by atoms with Crippen LogP contribution in [-0.2, 0) is 11.2 Å². The Kier molecular flexibility index (Phi) is 7.90. The fraction of sp³-hybridized carbons (Fsp3) is 0.286. The van der Waals surface area contributed by atoms with Crippen LogP contribution in [0, 0.1) is 5.82 Å². The summed E-state index contributed by atoms with van der Waals surface area (Å²) >= 11 is 0.866. The van der Waals surface area contributed by atoms with Crippen molar-refractivity contribution in [2.45, 2.75) is 17.9 Å². The lowest BCUT2D eigenvalue weighted by Gasteiger charge is -2.22. The number of nitrogens with one attached hydrogen (secondary N) is 2. The fourth-order valence-electron chi connectivity index (χ4n) is 2.93. The Labute approximate surface area is 187 Å². The summed E-state index contributed by atoms with van der Waals surface area (Å²) in [7, 11) is 0. The number of carboxylic acid groups (broad SMARTS) is 1. The molecule has 0 aliphatic carbocycles. The van der Waals surface area contributed by atoms with E-state index < -0.39 is 34.5 Å². The number of nitrogens with zero attached hydrogens (tertiary/aromatic N) is 1. The minimum absolute atomic E-state index is 0.134. The highest BCUT2D eigenvalue weighted by molar-refractivity contribution is 8.15. The van der Waals surface area contributed by atoms with Crippen LogP contribution < -0.4 is 15.4 Å². The molecule has 1 unspecified atom stereocenters. The van der Waals surface area contributed by atoms with E-state index in [2.05, 4.69) is 10.6 Å². The van der Waals surface area contributed by atoms with E-state index in [0.717, 1.165) is 22.2 Å². The number of benzene rings is 2. The van der Waals surface area contributed by atoms with Crippen molar-refractivity contribution in [3.05, 3.63) is 59.9 Å². The topological polar surface area (TPSA) is 128 Å². The summed E-state index contributed by atoms with van der Waals surface area (Å²) in [6.45, 7) is -0.117. The number of rotatable bonds is 10. The lowest BCUT2D eigenvalue weighted by molar-refractivity contribution is -0.118. The summed E-state index contributed by atoms with van der Waals surface area (Å²) in [5.74, 6) is -0.432. The van der Waals surface area contributed by atoms with E-state index in [-0.39, 0.29) is 19.7 Å². The van der Waals surface area contributed by atoms with Gasteiger partial charge in [-0.1, -0.05) is 12.1 Å². The van der Waals surface area contributed by atoms with Crippen LogP contribution >= 0.6 is 11.8 Å². The molecule has 9 nitrogen and oxygen atoms in total. The number of imide groups is 1. The highest BCUT2D eigenvalue weighted by Crippen LogP contribution is 2.22. The molecule has 2 aromatic carbocycles. The number of hydrogen-bond donors (Lipinski definition) is 4. The molecule has 1 heterocycles. The van der Waals surface area contributed by atoms with E-state index in [1.165, 1.54) is 24.3 Å². The van der Waals surface area contributed by atoms with Crippen molar-refractivity contribution in [3.8, 4) is 5.75 Å². The zero-order valence-corrected chi connectivity index (χ0v) is 17.7. The van der Waals surface area contributed by atoms with Gasteiger partial charge in [0.25, 0.3) is 11.1 Å². The second-order valence-electron chi connectivity index (χ2n) is 7.01. The number of carbonyl (C=O) groups excluding carboxylic acids is 2.